The molecule has 0 amide bonds. The summed E-state index contributed by atoms with van der Waals surface area (Å²) in [5.74, 6) is 7.34. The number of hydrogen-bond acceptors (Lipinski definition) is 1. The summed E-state index contributed by atoms with van der Waals surface area (Å²) in [6, 6.07) is 0. The van der Waals surface area contributed by atoms with Crippen molar-refractivity contribution in [2.75, 3.05) is 7.11 Å². The Hall–Kier alpha value is 0.148. The van der Waals surface area contributed by atoms with Crippen molar-refractivity contribution < 1.29 is 4.74 Å². The fourth-order valence-corrected chi connectivity index (χ4v) is 6.88. The molecule has 0 fully saturated rings. The minimum absolute atomic E-state index is 0.764. The predicted octanol–water partition coefficient (Wildman–Crippen LogP) is 5.42. The van der Waals surface area contributed by atoms with E-state index in [1.807, 2.05) is 7.11 Å². The summed E-state index contributed by atoms with van der Waals surface area (Å²) < 4.78 is 7.29. The summed E-state index contributed by atoms with van der Waals surface area (Å²) in [7, 11) is 1.89. The van der Waals surface area contributed by atoms with Crippen LogP contribution in [0.4, 0.5) is 0 Å². The van der Waals surface area contributed by atoms with E-state index in [-0.39, 0.29) is 0 Å². The molecule has 0 radical (unpaired) electrons. The van der Waals surface area contributed by atoms with Gasteiger partial charge in [-0.25, -0.2) is 0 Å². The van der Waals surface area contributed by atoms with Gasteiger partial charge in [0.1, 0.15) is 0 Å². The van der Waals surface area contributed by atoms with Crippen molar-refractivity contribution in [3.05, 3.63) is 10.1 Å². The van der Waals surface area contributed by atoms with Crippen LogP contribution in [0, 0.1) is 0 Å². The van der Waals surface area contributed by atoms with E-state index in [4.69, 9.17) is 4.74 Å². The van der Waals surface area contributed by atoms with Gasteiger partial charge in [-0.15, -0.1) is 0 Å². The second kappa shape index (κ2) is 9.12. The van der Waals surface area contributed by atoms with E-state index in [1.54, 1.807) is 5.47 Å². The van der Waals surface area contributed by atoms with E-state index in [2.05, 4.69) is 38.0 Å². The standard InChI is InChI=1S/C15H33BGeO/c1-8-11-14(15(18-7)17(4,5)6)16(12-9-2)13-10-3/h8-13H2,1-7H3/b15-14-. The normalized spacial score (nSPS) is 13.3. The van der Waals surface area contributed by atoms with Crippen molar-refractivity contribution in [1.29, 1.82) is 0 Å². The van der Waals surface area contributed by atoms with Crippen molar-refractivity contribution in [3.63, 3.8) is 0 Å². The Morgan fingerprint density at radius 3 is 1.72 bits per heavy atom. The number of hydrogen-bond donors (Lipinski definition) is 0. The van der Waals surface area contributed by atoms with Gasteiger partial charge in [-0.3, -0.25) is 0 Å². The van der Waals surface area contributed by atoms with Crippen molar-refractivity contribution >= 4 is 20.0 Å². The Labute approximate surface area is 118 Å². The zero-order chi connectivity index (χ0) is 14.2. The molecule has 0 bridgehead atoms. The Bertz CT molecular complexity index is 250. The summed E-state index contributed by atoms with van der Waals surface area (Å²) >= 11 is -1.87. The van der Waals surface area contributed by atoms with Gasteiger partial charge in [0.2, 0.25) is 0 Å². The van der Waals surface area contributed by atoms with Crippen LogP contribution in [0.5, 0.6) is 0 Å². The van der Waals surface area contributed by atoms with Crippen molar-refractivity contribution in [1.82, 2.24) is 0 Å². The predicted molar refractivity (Wildman–Crippen MR) is 88.2 cm³/mol. The molecule has 0 atom stereocenters. The molecule has 0 saturated heterocycles. The molecular formula is C15H33BGeO. The molecule has 0 aliphatic carbocycles. The number of methoxy groups -OCH3 is 1. The van der Waals surface area contributed by atoms with Gasteiger partial charge in [0.05, 0.1) is 0 Å². The van der Waals surface area contributed by atoms with Crippen LogP contribution in [-0.2, 0) is 4.74 Å². The van der Waals surface area contributed by atoms with Gasteiger partial charge in [0, 0.05) is 0 Å². The van der Waals surface area contributed by atoms with Crippen molar-refractivity contribution in [3.8, 4) is 0 Å². The summed E-state index contributed by atoms with van der Waals surface area (Å²) in [6.07, 6.45) is 7.70. The third kappa shape index (κ3) is 5.86. The Morgan fingerprint density at radius 2 is 1.44 bits per heavy atom. The van der Waals surface area contributed by atoms with Crippen LogP contribution in [0.1, 0.15) is 46.5 Å². The monoisotopic (exact) mass is 314 g/mol. The average molecular weight is 313 g/mol. The first-order chi connectivity index (χ1) is 8.42. The van der Waals surface area contributed by atoms with E-state index in [1.165, 1.54) is 42.9 Å². The summed E-state index contributed by atoms with van der Waals surface area (Å²) in [5, 5.41) is 0. The van der Waals surface area contributed by atoms with Gasteiger partial charge in [-0.1, -0.05) is 0 Å². The first-order valence-electron chi connectivity index (χ1n) is 7.69. The van der Waals surface area contributed by atoms with E-state index in [0.717, 1.165) is 6.71 Å². The summed E-state index contributed by atoms with van der Waals surface area (Å²) in [5.41, 5.74) is 1.66. The zero-order valence-corrected chi connectivity index (χ0v) is 15.8. The Kier molecular flexibility index (Phi) is 9.19. The van der Waals surface area contributed by atoms with Crippen LogP contribution in [0.2, 0.25) is 29.9 Å². The van der Waals surface area contributed by atoms with Crippen LogP contribution in [0.15, 0.2) is 10.1 Å². The Morgan fingerprint density at radius 1 is 0.944 bits per heavy atom. The van der Waals surface area contributed by atoms with Gasteiger partial charge >= 0.3 is 118 Å². The minimum atomic E-state index is -1.87. The van der Waals surface area contributed by atoms with Crippen LogP contribution in [-0.4, -0.2) is 27.1 Å². The van der Waals surface area contributed by atoms with E-state index in [9.17, 15) is 0 Å². The molecule has 0 aromatic heterocycles. The molecule has 0 spiro atoms. The van der Waals surface area contributed by atoms with Crippen LogP contribution in [0.25, 0.3) is 0 Å². The first kappa shape index (κ1) is 18.1. The third-order valence-electron chi connectivity index (χ3n) is 3.46. The molecule has 0 unspecified atom stereocenters. The molecular weight excluding hydrogens is 280 g/mol. The first-order valence-corrected chi connectivity index (χ1v) is 15.0. The molecule has 0 rings (SSSR count). The topological polar surface area (TPSA) is 9.23 Å². The Balaban J connectivity index is 5.37. The van der Waals surface area contributed by atoms with Gasteiger partial charge in [-0.2, -0.15) is 0 Å². The van der Waals surface area contributed by atoms with Crippen molar-refractivity contribution in [2.24, 2.45) is 0 Å². The summed E-state index contributed by atoms with van der Waals surface area (Å²) in [6.45, 7) is 7.66. The maximum absolute atomic E-state index is 5.87. The second-order valence-electron chi connectivity index (χ2n) is 6.33. The van der Waals surface area contributed by atoms with Gasteiger partial charge in [0.25, 0.3) is 0 Å². The SMILES string of the molecule is CCCB(CCC)/C(CCC)=[C](\OC)[Ge]([CH3])([CH3])[CH3]. The van der Waals surface area contributed by atoms with E-state index in [0.29, 0.717) is 0 Å². The second-order valence-corrected chi connectivity index (χ2v) is 16.7. The molecule has 0 aromatic carbocycles. The molecule has 0 N–H and O–H groups in total. The molecule has 0 heterocycles. The summed E-state index contributed by atoms with van der Waals surface area (Å²) in [4.78, 5) is 0. The van der Waals surface area contributed by atoms with Crippen LogP contribution < -0.4 is 0 Å². The number of ether oxygens (including phenoxy) is 1. The zero-order valence-electron chi connectivity index (χ0n) is 13.7. The molecule has 0 aliphatic rings. The molecule has 0 aliphatic heterocycles. The molecule has 106 valence electrons. The quantitative estimate of drug-likeness (QED) is 0.408. The van der Waals surface area contributed by atoms with Crippen LogP contribution in [0.3, 0.4) is 0 Å². The fourth-order valence-electron chi connectivity index (χ4n) is 2.88. The maximum atomic E-state index is 5.87. The van der Waals surface area contributed by atoms with E-state index < -0.39 is 13.3 Å². The molecule has 0 aromatic rings. The average Bonchev–Trinajstić information content (AvgIpc) is 2.27. The third-order valence-corrected chi connectivity index (χ3v) is 7.42. The number of rotatable bonds is 9. The van der Waals surface area contributed by atoms with Crippen molar-refractivity contribution in [2.45, 2.75) is 76.4 Å². The molecule has 18 heavy (non-hydrogen) atoms. The van der Waals surface area contributed by atoms with Gasteiger partial charge in [0.15, 0.2) is 0 Å². The van der Waals surface area contributed by atoms with Gasteiger partial charge in [-0.05, 0) is 0 Å². The fraction of sp³-hybridized carbons (Fsp3) is 0.867. The molecule has 3 heteroatoms. The van der Waals surface area contributed by atoms with Gasteiger partial charge < -0.3 is 0 Å². The van der Waals surface area contributed by atoms with E-state index >= 15 is 0 Å². The molecule has 0 saturated carbocycles. The van der Waals surface area contributed by atoms with Crippen LogP contribution >= 0.6 is 0 Å². The molecule has 1 nitrogen and oxygen atoms in total. The number of allylic oxidation sites excluding steroid dienone is 1.